The van der Waals surface area contributed by atoms with Crippen LogP contribution < -0.4 is 14.5 Å². The molecule has 19 heteroatoms. The molecule has 0 spiro atoms. The van der Waals surface area contributed by atoms with Crippen LogP contribution in [-0.2, 0) is 38.7 Å². The molecule has 0 bridgehead atoms. The SMILES string of the molecule is Cc1cc2c(cc1C(F)(F)F)N(Cc1ccc(OC(=O)O)s1)CCC[C@@H]2N(Cc1cc(C(F)(F)F)cc(C(F)(F)F)c1)c1nnn(C)n1. The fraction of sp³-hybridized carbons (Fsp3) is 0.379. The fourth-order valence-electron chi connectivity index (χ4n) is 5.59. The number of hydrogen-bond donors (Lipinski definition) is 1. The van der Waals surface area contributed by atoms with Crippen LogP contribution in [0.3, 0.4) is 0 Å². The zero-order valence-corrected chi connectivity index (χ0v) is 25.7. The third-order valence-corrected chi connectivity index (χ3v) is 8.54. The second-order valence-electron chi connectivity index (χ2n) is 11.0. The summed E-state index contributed by atoms with van der Waals surface area (Å²) in [6.45, 7) is 0.904. The van der Waals surface area contributed by atoms with Crippen molar-refractivity contribution in [3.8, 4) is 5.06 Å². The summed E-state index contributed by atoms with van der Waals surface area (Å²) in [6, 6.07) is 5.46. The quantitative estimate of drug-likeness (QED) is 0.152. The first-order chi connectivity index (χ1) is 22.3. The average Bonchev–Trinajstić information content (AvgIpc) is 3.55. The Morgan fingerprint density at radius 1 is 1.00 bits per heavy atom. The number of halogens is 9. The van der Waals surface area contributed by atoms with E-state index >= 15 is 0 Å². The van der Waals surface area contributed by atoms with Gasteiger partial charge in [-0.05, 0) is 78.1 Å². The van der Waals surface area contributed by atoms with Crippen molar-refractivity contribution in [3.05, 3.63) is 80.7 Å². The number of tetrazole rings is 1. The molecule has 0 amide bonds. The van der Waals surface area contributed by atoms with Crippen molar-refractivity contribution in [1.29, 1.82) is 0 Å². The molecule has 0 saturated carbocycles. The molecule has 0 saturated heterocycles. The maximum Gasteiger partial charge on any atom is 0.512 e. The Balaban J connectivity index is 1.64. The normalized spacial score (nSPS) is 15.6. The minimum atomic E-state index is -5.11. The zero-order chi connectivity index (χ0) is 35.2. The van der Waals surface area contributed by atoms with E-state index in [0.29, 0.717) is 29.0 Å². The largest absolute Gasteiger partial charge is 0.512 e. The summed E-state index contributed by atoms with van der Waals surface area (Å²) in [5.74, 6) is -0.167. The van der Waals surface area contributed by atoms with Crippen molar-refractivity contribution in [3.63, 3.8) is 0 Å². The molecule has 1 aliphatic rings. The van der Waals surface area contributed by atoms with Gasteiger partial charge in [0, 0.05) is 23.7 Å². The van der Waals surface area contributed by atoms with Crippen LogP contribution in [0.15, 0.2) is 42.5 Å². The monoisotopic (exact) mass is 708 g/mol. The van der Waals surface area contributed by atoms with Gasteiger partial charge in [-0.2, -0.15) is 44.3 Å². The highest BCUT2D eigenvalue weighted by molar-refractivity contribution is 7.13. The Hall–Kier alpha value is -4.55. The van der Waals surface area contributed by atoms with Crippen LogP contribution in [0.25, 0.3) is 0 Å². The van der Waals surface area contributed by atoms with E-state index in [-0.39, 0.29) is 53.4 Å². The number of benzene rings is 2. The van der Waals surface area contributed by atoms with Crippen LogP contribution in [0, 0.1) is 6.92 Å². The number of carboxylic acid groups (broad SMARTS) is 1. The molecule has 3 heterocycles. The van der Waals surface area contributed by atoms with Gasteiger partial charge in [-0.25, -0.2) is 4.79 Å². The van der Waals surface area contributed by atoms with Gasteiger partial charge in [-0.3, -0.25) is 0 Å². The van der Waals surface area contributed by atoms with Crippen LogP contribution in [-0.4, -0.2) is 38.0 Å². The first kappa shape index (κ1) is 34.8. The highest BCUT2D eigenvalue weighted by Crippen LogP contribution is 2.45. The van der Waals surface area contributed by atoms with Gasteiger partial charge in [0.2, 0.25) is 0 Å². The van der Waals surface area contributed by atoms with Crippen LogP contribution in [0.1, 0.15) is 57.1 Å². The van der Waals surface area contributed by atoms with Gasteiger partial charge in [0.15, 0.2) is 5.06 Å². The number of fused-ring (bicyclic) bond motifs is 1. The van der Waals surface area contributed by atoms with Crippen LogP contribution >= 0.6 is 11.3 Å². The maximum absolute atomic E-state index is 14.2. The molecule has 258 valence electrons. The Labute approximate surface area is 270 Å². The van der Waals surface area contributed by atoms with E-state index in [1.54, 1.807) is 11.0 Å². The number of anilines is 2. The molecule has 48 heavy (non-hydrogen) atoms. The fourth-order valence-corrected chi connectivity index (χ4v) is 6.46. The predicted octanol–water partition coefficient (Wildman–Crippen LogP) is 8.24. The van der Waals surface area contributed by atoms with Gasteiger partial charge in [-0.1, -0.05) is 11.2 Å². The molecule has 0 unspecified atom stereocenters. The average molecular weight is 709 g/mol. The summed E-state index contributed by atoms with van der Waals surface area (Å²) in [6.07, 6.45) is -16.0. The van der Waals surface area contributed by atoms with E-state index < -0.39 is 54.0 Å². The van der Waals surface area contributed by atoms with Crippen molar-refractivity contribution < 1.29 is 54.2 Å². The lowest BCUT2D eigenvalue weighted by molar-refractivity contribution is -0.143. The topological polar surface area (TPSA) is 96.6 Å². The van der Waals surface area contributed by atoms with E-state index in [1.165, 1.54) is 31.0 Å². The standard InChI is InChI=1S/C29H25F9N6O3S/c1-15-8-20-22(4-3-7-43(23(20)12-21(15)29(36,37)38)14-19-5-6-24(48-19)47-26(45)46)44(25-39-41-42(2)40-25)13-16-9-17(27(30,31)32)11-18(10-16)28(33,34)35/h5-6,8-12,22H,3-4,7,13-14H2,1-2H3,(H,45,46)/t22-/m0/s1. The number of carbonyl (C=O) groups is 1. The minimum absolute atomic E-state index is 0.00670. The molecule has 2 aromatic carbocycles. The summed E-state index contributed by atoms with van der Waals surface area (Å²) in [5.41, 5.74) is -4.14. The van der Waals surface area contributed by atoms with E-state index in [9.17, 15) is 44.3 Å². The Bertz CT molecular complexity index is 1770. The Morgan fingerprint density at radius 2 is 1.67 bits per heavy atom. The minimum Gasteiger partial charge on any atom is -0.449 e. The molecule has 2 aromatic heterocycles. The number of ether oxygens (including phenoxy) is 1. The van der Waals surface area contributed by atoms with E-state index in [0.717, 1.165) is 22.2 Å². The first-order valence-electron chi connectivity index (χ1n) is 14.0. The number of aryl methyl sites for hydroxylation is 2. The number of hydrogen-bond acceptors (Lipinski definition) is 8. The molecule has 0 fully saturated rings. The summed E-state index contributed by atoms with van der Waals surface area (Å²) in [7, 11) is 1.40. The second kappa shape index (κ2) is 12.8. The van der Waals surface area contributed by atoms with Crippen molar-refractivity contribution in [2.75, 3.05) is 16.3 Å². The molecule has 1 N–H and O–H groups in total. The van der Waals surface area contributed by atoms with Gasteiger partial charge < -0.3 is 19.6 Å². The summed E-state index contributed by atoms with van der Waals surface area (Å²) >= 11 is 0.972. The molecule has 9 nitrogen and oxygen atoms in total. The molecule has 0 radical (unpaired) electrons. The lowest BCUT2D eigenvalue weighted by Crippen LogP contribution is -2.30. The van der Waals surface area contributed by atoms with Crippen LogP contribution in [0.4, 0.5) is 55.9 Å². The molecule has 0 aliphatic carbocycles. The molecular weight excluding hydrogens is 683 g/mol. The van der Waals surface area contributed by atoms with E-state index in [1.807, 2.05) is 0 Å². The summed E-state index contributed by atoms with van der Waals surface area (Å²) < 4.78 is 129. The molecule has 1 aliphatic heterocycles. The van der Waals surface area contributed by atoms with Gasteiger partial charge in [0.1, 0.15) is 0 Å². The van der Waals surface area contributed by atoms with Crippen LogP contribution in [0.2, 0.25) is 0 Å². The van der Waals surface area contributed by atoms with E-state index in [4.69, 9.17) is 5.11 Å². The highest BCUT2D eigenvalue weighted by Gasteiger charge is 2.39. The number of aromatic nitrogens is 4. The maximum atomic E-state index is 14.2. The van der Waals surface area contributed by atoms with Gasteiger partial charge in [0.05, 0.1) is 36.3 Å². The second-order valence-corrected chi connectivity index (χ2v) is 12.1. The zero-order valence-electron chi connectivity index (χ0n) is 24.9. The van der Waals surface area contributed by atoms with E-state index in [2.05, 4.69) is 20.1 Å². The van der Waals surface area contributed by atoms with Crippen molar-refractivity contribution in [1.82, 2.24) is 20.2 Å². The van der Waals surface area contributed by atoms with Crippen molar-refractivity contribution in [2.24, 2.45) is 7.05 Å². The molecule has 1 atom stereocenters. The third kappa shape index (κ3) is 7.77. The molecular formula is C29H25F9N6O3S. The van der Waals surface area contributed by atoms with Gasteiger partial charge in [0.25, 0.3) is 5.95 Å². The van der Waals surface area contributed by atoms with Crippen molar-refractivity contribution in [2.45, 2.75) is 57.4 Å². The lowest BCUT2D eigenvalue weighted by Gasteiger charge is -2.33. The number of rotatable bonds is 7. The molecule has 5 rings (SSSR count). The number of thiophene rings is 1. The van der Waals surface area contributed by atoms with Crippen LogP contribution in [0.5, 0.6) is 5.06 Å². The lowest BCUT2D eigenvalue weighted by atomic mass is 9.94. The summed E-state index contributed by atoms with van der Waals surface area (Å²) in [5, 5.41) is 20.8. The Kier molecular flexibility index (Phi) is 9.28. The van der Waals surface area contributed by atoms with Crippen molar-refractivity contribution >= 4 is 29.1 Å². The first-order valence-corrected chi connectivity index (χ1v) is 14.9. The number of nitrogens with zero attached hydrogens (tertiary/aromatic N) is 6. The summed E-state index contributed by atoms with van der Waals surface area (Å²) in [4.78, 5) is 15.5. The van der Waals surface area contributed by atoms with Gasteiger partial charge in [-0.15, -0.1) is 16.4 Å². The molecule has 4 aromatic rings. The highest BCUT2D eigenvalue weighted by atomic mass is 32.1. The third-order valence-electron chi connectivity index (χ3n) is 7.59. The number of alkyl halides is 9. The predicted molar refractivity (Wildman–Crippen MR) is 154 cm³/mol. The van der Waals surface area contributed by atoms with Gasteiger partial charge >= 0.3 is 24.7 Å². The smallest absolute Gasteiger partial charge is 0.449 e. The Morgan fingerprint density at radius 3 is 2.23 bits per heavy atom.